The zero-order valence-corrected chi connectivity index (χ0v) is 19.6. The van der Waals surface area contributed by atoms with Crippen molar-refractivity contribution in [2.75, 3.05) is 31.2 Å². The molecule has 180 valence electrons. The second-order valence-electron chi connectivity index (χ2n) is 9.29. The summed E-state index contributed by atoms with van der Waals surface area (Å²) in [6, 6.07) is 6.07. The lowest BCUT2D eigenvalue weighted by atomic mass is 9.75. The van der Waals surface area contributed by atoms with Gasteiger partial charge in [-0.1, -0.05) is 42.0 Å². The Balaban J connectivity index is 1.63. The van der Waals surface area contributed by atoms with Gasteiger partial charge in [0.2, 0.25) is 5.91 Å². The number of carbonyl (C=O) groups excluding carboxylic acids is 3. The summed E-state index contributed by atoms with van der Waals surface area (Å²) in [4.78, 5) is 44.1. The fourth-order valence-electron chi connectivity index (χ4n) is 5.88. The van der Waals surface area contributed by atoms with E-state index in [9.17, 15) is 19.5 Å². The minimum Gasteiger partial charge on any atom is -0.461 e. The fraction of sp³-hybridized carbons (Fsp3) is 0.480. The van der Waals surface area contributed by atoms with Crippen LogP contribution in [0.15, 0.2) is 48.6 Å². The van der Waals surface area contributed by atoms with Gasteiger partial charge in [0.05, 0.1) is 22.2 Å². The van der Waals surface area contributed by atoms with E-state index in [0.29, 0.717) is 23.6 Å². The number of halogens is 1. The normalized spacial score (nSPS) is 34.4. The number of likely N-dealkylation sites (tertiary alicyclic amines) is 1. The highest BCUT2D eigenvalue weighted by Gasteiger charge is 2.74. The van der Waals surface area contributed by atoms with Crippen molar-refractivity contribution in [3.05, 3.63) is 53.6 Å². The van der Waals surface area contributed by atoms with Crippen LogP contribution in [0.4, 0.5) is 5.69 Å². The summed E-state index contributed by atoms with van der Waals surface area (Å²) >= 11 is 6.43. The zero-order chi connectivity index (χ0) is 24.1. The quantitative estimate of drug-likeness (QED) is 0.389. The number of para-hydroxylation sites is 1. The molecule has 8 nitrogen and oxygen atoms in total. The summed E-state index contributed by atoms with van der Waals surface area (Å²) in [6.45, 7) is 2.37. The number of nitrogens with zero attached hydrogens (tertiary/aromatic N) is 2. The Morgan fingerprint density at radius 3 is 2.65 bits per heavy atom. The summed E-state index contributed by atoms with van der Waals surface area (Å²) in [7, 11) is 0. The van der Waals surface area contributed by atoms with E-state index in [-0.39, 0.29) is 38.1 Å². The third-order valence-electron chi connectivity index (χ3n) is 7.26. The number of esters is 1. The lowest BCUT2D eigenvalue weighted by molar-refractivity contribution is -0.156. The Morgan fingerprint density at radius 1 is 1.09 bits per heavy atom. The summed E-state index contributed by atoms with van der Waals surface area (Å²) in [5.41, 5.74) is -1.88. The number of carbonyl (C=O) groups is 3. The van der Waals surface area contributed by atoms with E-state index in [0.717, 1.165) is 0 Å². The number of hydrogen-bond acceptors (Lipinski definition) is 6. The Bertz CT molecular complexity index is 1090. The van der Waals surface area contributed by atoms with Gasteiger partial charge in [-0.15, -0.1) is 0 Å². The smallest absolute Gasteiger partial charge is 0.313 e. The number of unbranched alkanes of at least 4 members (excludes halogenated alkanes) is 1. The van der Waals surface area contributed by atoms with Crippen molar-refractivity contribution < 1.29 is 29.0 Å². The number of anilines is 1. The van der Waals surface area contributed by atoms with E-state index < -0.39 is 35.0 Å². The third-order valence-corrected chi connectivity index (χ3v) is 7.58. The molecular formula is C25H27ClN2O6. The number of cyclic esters (lactones) is 1. The van der Waals surface area contributed by atoms with Crippen LogP contribution in [0.5, 0.6) is 0 Å². The van der Waals surface area contributed by atoms with Gasteiger partial charge in [0.25, 0.3) is 5.91 Å². The maximum atomic E-state index is 14.1. The van der Waals surface area contributed by atoms with Crippen LogP contribution < -0.4 is 4.90 Å². The van der Waals surface area contributed by atoms with E-state index in [4.69, 9.17) is 21.1 Å². The molecule has 1 aromatic carbocycles. The molecule has 1 N–H and O–H groups in total. The van der Waals surface area contributed by atoms with Crippen LogP contribution >= 0.6 is 11.6 Å². The molecule has 2 saturated heterocycles. The monoisotopic (exact) mass is 486 g/mol. The number of hydrogen-bond donors (Lipinski definition) is 1. The molecule has 0 radical (unpaired) electrons. The van der Waals surface area contributed by atoms with Crippen molar-refractivity contribution in [3.8, 4) is 0 Å². The third kappa shape index (κ3) is 3.31. The number of aliphatic hydroxyl groups excluding tert-OH is 1. The van der Waals surface area contributed by atoms with E-state index in [2.05, 4.69) is 0 Å². The second kappa shape index (κ2) is 8.52. The molecule has 0 bridgehead atoms. The van der Waals surface area contributed by atoms with Crippen LogP contribution in [0, 0.1) is 11.8 Å². The maximum Gasteiger partial charge on any atom is 0.313 e. The minimum absolute atomic E-state index is 0.0187. The average Bonchev–Trinajstić information content (AvgIpc) is 3.05. The fourth-order valence-corrected chi connectivity index (χ4v) is 6.11. The SMILES string of the molecule is C[C@]12C=CCOC(=O)[C@H]1[C@H]1C(=O)N(CCCCO)C3C(=O)N(c4ccccc4Cl)CC=C[C@@]31O2. The van der Waals surface area contributed by atoms with E-state index in [1.807, 2.05) is 6.08 Å². The summed E-state index contributed by atoms with van der Waals surface area (Å²) < 4.78 is 12.0. The van der Waals surface area contributed by atoms with E-state index >= 15 is 0 Å². The first-order chi connectivity index (χ1) is 16.3. The first-order valence-electron chi connectivity index (χ1n) is 11.5. The van der Waals surface area contributed by atoms with Crippen molar-refractivity contribution in [1.82, 2.24) is 4.90 Å². The van der Waals surface area contributed by atoms with Gasteiger partial charge < -0.3 is 24.4 Å². The number of benzene rings is 1. The number of ether oxygens (including phenoxy) is 2. The number of aliphatic hydroxyl groups is 1. The Labute approximate surface area is 202 Å². The van der Waals surface area contributed by atoms with E-state index in [1.165, 1.54) is 4.90 Å². The van der Waals surface area contributed by atoms with Gasteiger partial charge in [0, 0.05) is 19.7 Å². The van der Waals surface area contributed by atoms with Crippen LogP contribution in [0.1, 0.15) is 19.8 Å². The summed E-state index contributed by atoms with van der Waals surface area (Å²) in [5, 5.41) is 9.69. The molecule has 1 spiro atoms. The molecule has 34 heavy (non-hydrogen) atoms. The Hall–Kier alpha value is -2.68. The van der Waals surface area contributed by atoms with Gasteiger partial charge in [-0.05, 0) is 38.0 Å². The molecule has 4 heterocycles. The lowest BCUT2D eigenvalue weighted by Gasteiger charge is -2.37. The molecule has 1 aromatic rings. The largest absolute Gasteiger partial charge is 0.461 e. The van der Waals surface area contributed by atoms with Crippen LogP contribution in [0.2, 0.25) is 5.02 Å². The van der Waals surface area contributed by atoms with Gasteiger partial charge in [-0.3, -0.25) is 14.4 Å². The molecule has 5 rings (SSSR count). The van der Waals surface area contributed by atoms with Crippen molar-refractivity contribution in [1.29, 1.82) is 0 Å². The molecule has 0 aromatic heterocycles. The van der Waals surface area contributed by atoms with Crippen LogP contribution in [-0.4, -0.2) is 71.3 Å². The first-order valence-corrected chi connectivity index (χ1v) is 11.9. The Morgan fingerprint density at radius 2 is 1.88 bits per heavy atom. The molecule has 5 atom stereocenters. The van der Waals surface area contributed by atoms with Crippen molar-refractivity contribution in [3.63, 3.8) is 0 Å². The van der Waals surface area contributed by atoms with Crippen molar-refractivity contribution in [2.45, 2.75) is 37.0 Å². The minimum atomic E-state index is -1.33. The molecule has 2 fully saturated rings. The average molecular weight is 487 g/mol. The molecular weight excluding hydrogens is 460 g/mol. The van der Waals surface area contributed by atoms with Crippen LogP contribution in [0.3, 0.4) is 0 Å². The lowest BCUT2D eigenvalue weighted by Crippen LogP contribution is -2.56. The highest BCUT2D eigenvalue weighted by atomic mass is 35.5. The molecule has 0 aliphatic carbocycles. The highest BCUT2D eigenvalue weighted by Crippen LogP contribution is 2.57. The van der Waals surface area contributed by atoms with Gasteiger partial charge in [-0.25, -0.2) is 0 Å². The number of fused-ring (bicyclic) bond motifs is 2. The molecule has 9 heteroatoms. The summed E-state index contributed by atoms with van der Waals surface area (Å²) in [5.74, 6) is -2.93. The van der Waals surface area contributed by atoms with Crippen LogP contribution in [-0.2, 0) is 23.9 Å². The molecule has 4 aliphatic rings. The topological polar surface area (TPSA) is 96.4 Å². The first kappa shape index (κ1) is 23.1. The van der Waals surface area contributed by atoms with Crippen molar-refractivity contribution >= 4 is 35.1 Å². The standard InChI is InChI=1S/C25H27ClN2O6/c1-24-10-7-15-33-23(32)19(24)18-21(30)28(12-4-5-14-29)20-22(31)27(13-6-11-25(18,20)34-24)17-9-3-2-8-16(17)26/h2-3,6-11,18-20,29H,4-5,12-15H2,1H3/t18-,19+,20?,24-,25-/m0/s1. The second-order valence-corrected chi connectivity index (χ2v) is 9.70. The predicted molar refractivity (Wildman–Crippen MR) is 124 cm³/mol. The van der Waals surface area contributed by atoms with Crippen molar-refractivity contribution in [2.24, 2.45) is 11.8 Å². The molecule has 4 aliphatic heterocycles. The molecule has 0 saturated carbocycles. The van der Waals surface area contributed by atoms with E-state index in [1.54, 1.807) is 54.3 Å². The van der Waals surface area contributed by atoms with Gasteiger partial charge in [0.15, 0.2) is 0 Å². The number of amides is 2. The predicted octanol–water partition coefficient (Wildman–Crippen LogP) is 2.10. The van der Waals surface area contributed by atoms with Gasteiger partial charge >= 0.3 is 5.97 Å². The zero-order valence-electron chi connectivity index (χ0n) is 18.9. The maximum absolute atomic E-state index is 14.1. The van der Waals surface area contributed by atoms with Gasteiger partial charge in [-0.2, -0.15) is 0 Å². The number of rotatable bonds is 5. The highest BCUT2D eigenvalue weighted by molar-refractivity contribution is 6.34. The Kier molecular flexibility index (Phi) is 5.78. The molecule has 1 unspecified atom stereocenters. The van der Waals surface area contributed by atoms with Crippen LogP contribution in [0.25, 0.3) is 0 Å². The van der Waals surface area contributed by atoms with Gasteiger partial charge in [0.1, 0.15) is 24.2 Å². The molecule has 2 amide bonds. The summed E-state index contributed by atoms with van der Waals surface area (Å²) in [6.07, 6.45) is 8.07.